The van der Waals surface area contributed by atoms with Crippen LogP contribution in [-0.4, -0.2) is 15.8 Å². The number of halogens is 1. The van der Waals surface area contributed by atoms with Gasteiger partial charge in [0.25, 0.3) is 11.6 Å². The highest BCUT2D eigenvalue weighted by Crippen LogP contribution is 2.25. The molecule has 136 valence electrons. The summed E-state index contributed by atoms with van der Waals surface area (Å²) in [4.78, 5) is 26.4. The number of amides is 1. The number of benzene rings is 2. The van der Waals surface area contributed by atoms with Gasteiger partial charge < -0.3 is 10.6 Å². The molecule has 7 nitrogen and oxygen atoms in total. The van der Waals surface area contributed by atoms with Crippen LogP contribution in [0.15, 0.2) is 67.0 Å². The fraction of sp³-hybridized carbons (Fsp3) is 0.0526. The van der Waals surface area contributed by atoms with Crippen molar-refractivity contribution in [2.75, 3.05) is 10.6 Å². The molecule has 2 aromatic carbocycles. The minimum Gasteiger partial charge on any atom is -0.375 e. The normalized spacial score (nSPS) is 10.3. The molecule has 8 heteroatoms. The molecule has 27 heavy (non-hydrogen) atoms. The summed E-state index contributed by atoms with van der Waals surface area (Å²) in [6, 6.07) is 13.5. The van der Waals surface area contributed by atoms with Crippen LogP contribution in [0.3, 0.4) is 0 Å². The standard InChI is InChI=1S/C19H15FN4O3/c20-15-5-6-17(18(11-15)24(26)27)22-12-13-1-3-14(4-2-13)19(25)23-16-7-9-21-10-8-16/h1-11,22H,12H2,(H,21,23,25). The highest BCUT2D eigenvalue weighted by Gasteiger charge is 2.14. The van der Waals surface area contributed by atoms with Crippen LogP contribution in [0, 0.1) is 15.9 Å². The molecule has 2 N–H and O–H groups in total. The van der Waals surface area contributed by atoms with Crippen molar-refractivity contribution >= 4 is 23.0 Å². The first-order chi connectivity index (χ1) is 13.0. The first kappa shape index (κ1) is 18.0. The molecule has 0 unspecified atom stereocenters. The number of carbonyl (C=O) groups excluding carboxylic acids is 1. The third kappa shape index (κ3) is 4.63. The average molecular weight is 366 g/mol. The van der Waals surface area contributed by atoms with E-state index in [0.29, 0.717) is 17.8 Å². The average Bonchev–Trinajstić information content (AvgIpc) is 2.68. The molecule has 0 aliphatic heterocycles. The SMILES string of the molecule is O=C(Nc1ccncc1)c1ccc(CNc2ccc(F)cc2[N+](=O)[O-])cc1. The van der Waals surface area contributed by atoms with Gasteiger partial charge in [-0.1, -0.05) is 12.1 Å². The van der Waals surface area contributed by atoms with E-state index in [0.717, 1.165) is 17.7 Å². The molecule has 0 aliphatic rings. The predicted molar refractivity (Wildman–Crippen MR) is 99.0 cm³/mol. The molecule has 3 aromatic rings. The van der Waals surface area contributed by atoms with E-state index in [9.17, 15) is 19.3 Å². The lowest BCUT2D eigenvalue weighted by Crippen LogP contribution is -2.12. The van der Waals surface area contributed by atoms with Crippen LogP contribution < -0.4 is 10.6 Å². The van der Waals surface area contributed by atoms with Crippen molar-refractivity contribution < 1.29 is 14.1 Å². The van der Waals surface area contributed by atoms with Gasteiger partial charge in [0.05, 0.1) is 11.0 Å². The van der Waals surface area contributed by atoms with E-state index in [4.69, 9.17) is 0 Å². The summed E-state index contributed by atoms with van der Waals surface area (Å²) >= 11 is 0. The summed E-state index contributed by atoms with van der Waals surface area (Å²) in [5, 5.41) is 16.7. The van der Waals surface area contributed by atoms with Gasteiger partial charge in [-0.05, 0) is 42.0 Å². The van der Waals surface area contributed by atoms with Crippen LogP contribution in [0.25, 0.3) is 0 Å². The van der Waals surface area contributed by atoms with Crippen molar-refractivity contribution in [2.45, 2.75) is 6.54 Å². The van der Waals surface area contributed by atoms with E-state index < -0.39 is 10.7 Å². The Bertz CT molecular complexity index is 962. The van der Waals surface area contributed by atoms with E-state index in [2.05, 4.69) is 15.6 Å². The van der Waals surface area contributed by atoms with Gasteiger partial charge in [-0.3, -0.25) is 19.9 Å². The lowest BCUT2D eigenvalue weighted by molar-refractivity contribution is -0.384. The van der Waals surface area contributed by atoms with Crippen LogP contribution in [0.4, 0.5) is 21.5 Å². The molecule has 0 saturated carbocycles. The molecule has 3 rings (SSSR count). The molecular formula is C19H15FN4O3. The predicted octanol–water partition coefficient (Wildman–Crippen LogP) is 3.99. The Kier molecular flexibility index (Phi) is 5.36. The van der Waals surface area contributed by atoms with E-state index >= 15 is 0 Å². The molecule has 0 atom stereocenters. The second-order valence-corrected chi connectivity index (χ2v) is 5.66. The van der Waals surface area contributed by atoms with Gasteiger partial charge in [-0.2, -0.15) is 0 Å². The van der Waals surface area contributed by atoms with E-state index in [-0.39, 0.29) is 17.3 Å². The van der Waals surface area contributed by atoms with Gasteiger partial charge in [0.15, 0.2) is 0 Å². The zero-order valence-corrected chi connectivity index (χ0v) is 14.1. The van der Waals surface area contributed by atoms with Crippen LogP contribution in [0.5, 0.6) is 0 Å². The Hall–Kier alpha value is -3.81. The zero-order chi connectivity index (χ0) is 19.2. The minimum atomic E-state index is -0.670. The summed E-state index contributed by atoms with van der Waals surface area (Å²) in [6.07, 6.45) is 3.16. The summed E-state index contributed by atoms with van der Waals surface area (Å²) < 4.78 is 13.2. The Labute approximate surface area is 154 Å². The van der Waals surface area contributed by atoms with E-state index in [1.54, 1.807) is 48.8 Å². The highest BCUT2D eigenvalue weighted by molar-refractivity contribution is 6.04. The number of anilines is 2. The number of aromatic nitrogens is 1. The second-order valence-electron chi connectivity index (χ2n) is 5.66. The minimum absolute atomic E-state index is 0.223. The molecule has 0 spiro atoms. The topological polar surface area (TPSA) is 97.2 Å². The monoisotopic (exact) mass is 366 g/mol. The van der Waals surface area contributed by atoms with Crippen molar-refractivity contribution in [2.24, 2.45) is 0 Å². The maximum atomic E-state index is 13.2. The Balaban J connectivity index is 1.65. The summed E-state index contributed by atoms with van der Waals surface area (Å²) in [7, 11) is 0. The molecule has 0 saturated heterocycles. The van der Waals surface area contributed by atoms with Gasteiger partial charge in [-0.15, -0.1) is 0 Å². The lowest BCUT2D eigenvalue weighted by atomic mass is 10.1. The molecule has 0 radical (unpaired) electrons. The van der Waals surface area contributed by atoms with Crippen LogP contribution in [0.2, 0.25) is 0 Å². The smallest absolute Gasteiger partial charge is 0.295 e. The van der Waals surface area contributed by atoms with Crippen LogP contribution in [0.1, 0.15) is 15.9 Å². The van der Waals surface area contributed by atoms with Crippen molar-refractivity contribution in [1.82, 2.24) is 4.98 Å². The van der Waals surface area contributed by atoms with Crippen molar-refractivity contribution in [3.63, 3.8) is 0 Å². The summed E-state index contributed by atoms with van der Waals surface area (Å²) in [5.41, 5.74) is 1.83. The van der Waals surface area contributed by atoms with Gasteiger partial charge in [0.2, 0.25) is 0 Å². The fourth-order valence-electron chi connectivity index (χ4n) is 2.42. The third-order valence-corrected chi connectivity index (χ3v) is 3.79. The molecular weight excluding hydrogens is 351 g/mol. The number of hydrogen-bond acceptors (Lipinski definition) is 5. The van der Waals surface area contributed by atoms with Gasteiger partial charge in [0.1, 0.15) is 11.5 Å². The number of hydrogen-bond donors (Lipinski definition) is 2. The molecule has 1 aromatic heterocycles. The quantitative estimate of drug-likeness (QED) is 0.508. The third-order valence-electron chi connectivity index (χ3n) is 3.79. The molecule has 0 aliphatic carbocycles. The maximum absolute atomic E-state index is 13.2. The van der Waals surface area contributed by atoms with Gasteiger partial charge >= 0.3 is 0 Å². The largest absolute Gasteiger partial charge is 0.375 e. The number of nitrogens with one attached hydrogen (secondary N) is 2. The van der Waals surface area contributed by atoms with Gasteiger partial charge in [-0.25, -0.2) is 4.39 Å². The van der Waals surface area contributed by atoms with Crippen molar-refractivity contribution in [1.29, 1.82) is 0 Å². The Morgan fingerprint density at radius 2 is 1.78 bits per heavy atom. The number of carbonyl (C=O) groups is 1. The van der Waals surface area contributed by atoms with Crippen LogP contribution >= 0.6 is 0 Å². The van der Waals surface area contributed by atoms with E-state index in [1.165, 1.54) is 6.07 Å². The maximum Gasteiger partial charge on any atom is 0.295 e. The van der Waals surface area contributed by atoms with E-state index in [1.807, 2.05) is 0 Å². The number of nitro groups is 1. The molecule has 0 bridgehead atoms. The number of nitro benzene ring substituents is 1. The summed E-state index contributed by atoms with van der Waals surface area (Å²) in [6.45, 7) is 0.290. The fourth-order valence-corrected chi connectivity index (χ4v) is 2.42. The zero-order valence-electron chi connectivity index (χ0n) is 14.1. The molecule has 0 fully saturated rings. The van der Waals surface area contributed by atoms with Crippen LogP contribution in [-0.2, 0) is 6.54 Å². The Morgan fingerprint density at radius 3 is 2.44 bits per heavy atom. The lowest BCUT2D eigenvalue weighted by Gasteiger charge is -2.09. The number of pyridine rings is 1. The first-order valence-electron chi connectivity index (χ1n) is 8.01. The second kappa shape index (κ2) is 8.05. The first-order valence-corrected chi connectivity index (χ1v) is 8.01. The molecule has 1 heterocycles. The van der Waals surface area contributed by atoms with Gasteiger partial charge in [0, 0.05) is 30.2 Å². The Morgan fingerprint density at radius 1 is 1.07 bits per heavy atom. The van der Waals surface area contributed by atoms with Crippen molar-refractivity contribution in [3.05, 3.63) is 94.0 Å². The highest BCUT2D eigenvalue weighted by atomic mass is 19.1. The number of nitrogens with zero attached hydrogens (tertiary/aromatic N) is 2. The van der Waals surface area contributed by atoms with Crippen molar-refractivity contribution in [3.8, 4) is 0 Å². The summed E-state index contributed by atoms with van der Waals surface area (Å²) in [5.74, 6) is -0.924. The molecule has 1 amide bonds. The number of rotatable bonds is 6.